The van der Waals surface area contributed by atoms with Crippen LogP contribution in [-0.4, -0.2) is 14.3 Å². The monoisotopic (exact) mass is 332 g/mol. The molecule has 0 spiro atoms. The summed E-state index contributed by atoms with van der Waals surface area (Å²) >= 11 is 0. The summed E-state index contributed by atoms with van der Waals surface area (Å²) in [6.07, 6.45) is 0. The van der Waals surface area contributed by atoms with E-state index in [1.165, 1.54) is 12.1 Å². The Bertz CT molecular complexity index is 843. The van der Waals surface area contributed by atoms with E-state index in [0.29, 0.717) is 11.3 Å². The van der Waals surface area contributed by atoms with Crippen molar-refractivity contribution in [1.82, 2.24) is 0 Å². The smallest absolute Gasteiger partial charge is 0.255 e. The summed E-state index contributed by atoms with van der Waals surface area (Å²) in [6, 6.07) is 11.9. The van der Waals surface area contributed by atoms with Crippen LogP contribution in [0.3, 0.4) is 0 Å². The second-order valence-corrected chi connectivity index (χ2v) is 7.34. The van der Waals surface area contributed by atoms with Crippen molar-refractivity contribution in [2.45, 2.75) is 31.6 Å². The molecule has 5 nitrogen and oxygen atoms in total. The van der Waals surface area contributed by atoms with Crippen molar-refractivity contribution < 1.29 is 13.2 Å². The highest BCUT2D eigenvalue weighted by Gasteiger charge is 2.15. The molecule has 3 N–H and O–H groups in total. The van der Waals surface area contributed by atoms with Crippen LogP contribution in [0.25, 0.3) is 0 Å². The highest BCUT2D eigenvalue weighted by Crippen LogP contribution is 2.24. The van der Waals surface area contributed by atoms with E-state index in [-0.39, 0.29) is 22.3 Å². The van der Waals surface area contributed by atoms with E-state index >= 15 is 0 Å². The number of para-hydroxylation sites is 1. The second kappa shape index (κ2) is 6.52. The van der Waals surface area contributed by atoms with Gasteiger partial charge in [-0.25, -0.2) is 13.6 Å². The standard InChI is InChI=1S/C17H20N2O3S/c1-11(2)15-6-4-5-7-16(15)19-17(20)13-8-12(3)9-14(10-13)23(18,21)22/h4-11H,1-3H3,(H,19,20)(H2,18,21,22). The Kier molecular flexibility index (Phi) is 4.87. The normalized spacial score (nSPS) is 11.5. The molecule has 6 heteroatoms. The van der Waals surface area contributed by atoms with Crippen molar-refractivity contribution in [2.75, 3.05) is 5.32 Å². The number of aryl methyl sites for hydroxylation is 1. The molecule has 0 heterocycles. The van der Waals surface area contributed by atoms with Crippen LogP contribution in [0.15, 0.2) is 47.4 Å². The molecule has 2 rings (SSSR count). The summed E-state index contributed by atoms with van der Waals surface area (Å²) in [7, 11) is -3.86. The van der Waals surface area contributed by atoms with Crippen LogP contribution in [0.4, 0.5) is 5.69 Å². The highest BCUT2D eigenvalue weighted by molar-refractivity contribution is 7.89. The number of hydrogen-bond donors (Lipinski definition) is 2. The van der Waals surface area contributed by atoms with Crippen LogP contribution in [0.2, 0.25) is 0 Å². The maximum Gasteiger partial charge on any atom is 0.255 e. The minimum absolute atomic E-state index is 0.0696. The average molecular weight is 332 g/mol. The number of benzene rings is 2. The first kappa shape index (κ1) is 17.2. The van der Waals surface area contributed by atoms with Gasteiger partial charge in [0.05, 0.1) is 4.90 Å². The number of sulfonamides is 1. The summed E-state index contributed by atoms with van der Waals surface area (Å²) < 4.78 is 23.0. The van der Waals surface area contributed by atoms with Crippen LogP contribution in [0, 0.1) is 6.92 Å². The molecule has 0 aromatic heterocycles. The third-order valence-corrected chi connectivity index (χ3v) is 4.37. The summed E-state index contributed by atoms with van der Waals surface area (Å²) in [5.74, 6) is -0.115. The number of rotatable bonds is 4. The SMILES string of the molecule is Cc1cc(C(=O)Nc2ccccc2C(C)C)cc(S(N)(=O)=O)c1. The van der Waals surface area contributed by atoms with Gasteiger partial charge in [-0.3, -0.25) is 4.79 Å². The maximum atomic E-state index is 12.5. The lowest BCUT2D eigenvalue weighted by Crippen LogP contribution is -2.17. The maximum absolute atomic E-state index is 12.5. The molecule has 0 atom stereocenters. The number of primary sulfonamides is 1. The van der Waals surface area contributed by atoms with Crippen molar-refractivity contribution in [3.05, 3.63) is 59.2 Å². The Morgan fingerprint density at radius 1 is 1.13 bits per heavy atom. The van der Waals surface area contributed by atoms with Gasteiger partial charge in [-0.05, 0) is 48.2 Å². The van der Waals surface area contributed by atoms with E-state index in [4.69, 9.17) is 5.14 Å². The number of hydrogen-bond acceptors (Lipinski definition) is 3. The van der Waals surface area contributed by atoms with E-state index < -0.39 is 10.0 Å². The molecule has 0 aliphatic carbocycles. The van der Waals surface area contributed by atoms with Crippen molar-refractivity contribution in [1.29, 1.82) is 0 Å². The van der Waals surface area contributed by atoms with Crippen LogP contribution in [0.5, 0.6) is 0 Å². The molecule has 0 radical (unpaired) electrons. The minimum Gasteiger partial charge on any atom is -0.322 e. The van der Waals surface area contributed by atoms with Gasteiger partial charge in [0.15, 0.2) is 0 Å². The number of amides is 1. The second-order valence-electron chi connectivity index (χ2n) is 5.78. The first-order valence-corrected chi connectivity index (χ1v) is 8.78. The van der Waals surface area contributed by atoms with Crippen LogP contribution < -0.4 is 10.5 Å². The lowest BCUT2D eigenvalue weighted by molar-refractivity contribution is 0.102. The van der Waals surface area contributed by atoms with Crippen molar-refractivity contribution in [3.63, 3.8) is 0 Å². The van der Waals surface area contributed by atoms with Crippen LogP contribution in [-0.2, 0) is 10.0 Å². The van der Waals surface area contributed by atoms with E-state index in [0.717, 1.165) is 5.56 Å². The molecule has 0 bridgehead atoms. The van der Waals surface area contributed by atoms with Gasteiger partial charge in [0.1, 0.15) is 0 Å². The van der Waals surface area contributed by atoms with Gasteiger partial charge in [0, 0.05) is 11.3 Å². The van der Waals surface area contributed by atoms with Gasteiger partial charge in [-0.2, -0.15) is 0 Å². The number of nitrogens with one attached hydrogen (secondary N) is 1. The van der Waals surface area contributed by atoms with E-state index in [1.54, 1.807) is 13.0 Å². The number of carbonyl (C=O) groups is 1. The number of nitrogens with two attached hydrogens (primary N) is 1. The first-order valence-electron chi connectivity index (χ1n) is 7.23. The Labute approximate surface area is 136 Å². The van der Waals surface area contributed by atoms with Crippen LogP contribution in [0.1, 0.15) is 41.3 Å². The summed E-state index contributed by atoms with van der Waals surface area (Å²) in [4.78, 5) is 12.4. The minimum atomic E-state index is -3.86. The number of anilines is 1. The predicted molar refractivity (Wildman–Crippen MR) is 91.0 cm³/mol. The predicted octanol–water partition coefficient (Wildman–Crippen LogP) is 3.02. The van der Waals surface area contributed by atoms with Crippen LogP contribution >= 0.6 is 0 Å². The Morgan fingerprint density at radius 2 is 1.78 bits per heavy atom. The lowest BCUT2D eigenvalue weighted by atomic mass is 10.0. The molecule has 23 heavy (non-hydrogen) atoms. The Balaban J connectivity index is 2.38. The zero-order chi connectivity index (χ0) is 17.2. The Morgan fingerprint density at radius 3 is 2.39 bits per heavy atom. The molecule has 1 amide bonds. The van der Waals surface area contributed by atoms with E-state index in [1.807, 2.05) is 38.1 Å². The highest BCUT2D eigenvalue weighted by atomic mass is 32.2. The fourth-order valence-corrected chi connectivity index (χ4v) is 2.99. The van der Waals surface area contributed by atoms with E-state index in [9.17, 15) is 13.2 Å². The molecule has 0 aliphatic rings. The Hall–Kier alpha value is -2.18. The third-order valence-electron chi connectivity index (χ3n) is 3.47. The van der Waals surface area contributed by atoms with Gasteiger partial charge in [-0.1, -0.05) is 32.0 Å². The van der Waals surface area contributed by atoms with E-state index in [2.05, 4.69) is 5.32 Å². The molecule has 0 fully saturated rings. The molecule has 0 unspecified atom stereocenters. The van der Waals surface area contributed by atoms with Gasteiger partial charge >= 0.3 is 0 Å². The number of carbonyl (C=O) groups excluding carboxylic acids is 1. The summed E-state index contributed by atoms with van der Waals surface area (Å²) in [5, 5.41) is 7.99. The van der Waals surface area contributed by atoms with Crippen molar-refractivity contribution >= 4 is 21.6 Å². The first-order chi connectivity index (χ1) is 10.7. The largest absolute Gasteiger partial charge is 0.322 e. The van der Waals surface area contributed by atoms with Gasteiger partial charge in [0.2, 0.25) is 10.0 Å². The molecule has 122 valence electrons. The van der Waals surface area contributed by atoms with Crippen molar-refractivity contribution in [2.24, 2.45) is 5.14 Å². The molecule has 0 aliphatic heterocycles. The zero-order valence-electron chi connectivity index (χ0n) is 13.3. The fourth-order valence-electron chi connectivity index (χ4n) is 2.35. The summed E-state index contributed by atoms with van der Waals surface area (Å²) in [6.45, 7) is 5.79. The van der Waals surface area contributed by atoms with Crippen molar-refractivity contribution in [3.8, 4) is 0 Å². The molecular weight excluding hydrogens is 312 g/mol. The van der Waals surface area contributed by atoms with Gasteiger partial charge < -0.3 is 5.32 Å². The third kappa shape index (κ3) is 4.18. The summed E-state index contributed by atoms with van der Waals surface area (Å²) in [5.41, 5.74) is 2.64. The van der Waals surface area contributed by atoms with Gasteiger partial charge in [-0.15, -0.1) is 0 Å². The van der Waals surface area contributed by atoms with Gasteiger partial charge in [0.25, 0.3) is 5.91 Å². The molecule has 2 aromatic rings. The topological polar surface area (TPSA) is 89.3 Å². The fraction of sp³-hybridized carbons (Fsp3) is 0.235. The lowest BCUT2D eigenvalue weighted by Gasteiger charge is -2.14. The molecule has 0 saturated heterocycles. The molecular formula is C17H20N2O3S. The molecule has 2 aromatic carbocycles. The zero-order valence-corrected chi connectivity index (χ0v) is 14.1. The average Bonchev–Trinajstić information content (AvgIpc) is 2.46. The molecule has 0 saturated carbocycles. The quantitative estimate of drug-likeness (QED) is 0.902.